The number of hydrogen-bond acceptors (Lipinski definition) is 3. The van der Waals surface area contributed by atoms with Crippen molar-refractivity contribution in [2.24, 2.45) is 5.73 Å². The molecule has 0 bridgehead atoms. The van der Waals surface area contributed by atoms with E-state index in [0.717, 1.165) is 24.9 Å². The van der Waals surface area contributed by atoms with E-state index in [1.54, 1.807) is 6.07 Å². The minimum absolute atomic E-state index is 0.171. The number of hydrogen-bond donors (Lipinski definition) is 2. The van der Waals surface area contributed by atoms with Crippen LogP contribution in [0.15, 0.2) is 18.2 Å². The van der Waals surface area contributed by atoms with Crippen LogP contribution in [0, 0.1) is 5.82 Å². The van der Waals surface area contributed by atoms with Crippen molar-refractivity contribution in [3.05, 3.63) is 24.0 Å². The van der Waals surface area contributed by atoms with Crippen molar-refractivity contribution < 1.29 is 9.13 Å². The van der Waals surface area contributed by atoms with Crippen molar-refractivity contribution in [1.82, 2.24) is 0 Å². The molecule has 2 atom stereocenters. The zero-order valence-electron chi connectivity index (χ0n) is 9.37. The molecule has 0 aliphatic heterocycles. The molecular weight excluding hydrogens is 207 g/mol. The predicted octanol–water partition coefficient (Wildman–Crippen LogP) is 2.13. The Morgan fingerprint density at radius 3 is 2.81 bits per heavy atom. The predicted molar refractivity (Wildman–Crippen MR) is 62.2 cm³/mol. The van der Waals surface area contributed by atoms with Crippen LogP contribution in [-0.2, 0) is 0 Å². The Hall–Kier alpha value is -1.29. The van der Waals surface area contributed by atoms with E-state index >= 15 is 0 Å². The first-order valence-electron chi connectivity index (χ1n) is 5.56. The van der Waals surface area contributed by atoms with Gasteiger partial charge in [0.2, 0.25) is 0 Å². The summed E-state index contributed by atoms with van der Waals surface area (Å²) >= 11 is 0. The molecule has 1 aliphatic carbocycles. The van der Waals surface area contributed by atoms with Crippen LogP contribution in [0.5, 0.6) is 5.75 Å². The van der Waals surface area contributed by atoms with Crippen LogP contribution in [0.2, 0.25) is 0 Å². The standard InChI is InChI=1S/C12H17FN2O/c1-16-12-6-5-8(7-9(12)13)15-11-4-2-3-10(11)14/h5-7,10-11,15H,2-4,14H2,1H3. The fraction of sp³-hybridized carbons (Fsp3) is 0.500. The first-order valence-corrected chi connectivity index (χ1v) is 5.56. The summed E-state index contributed by atoms with van der Waals surface area (Å²) in [5, 5.41) is 3.26. The normalized spacial score (nSPS) is 24.4. The highest BCUT2D eigenvalue weighted by molar-refractivity contribution is 5.48. The zero-order chi connectivity index (χ0) is 11.5. The van der Waals surface area contributed by atoms with Gasteiger partial charge in [0.1, 0.15) is 0 Å². The number of halogens is 1. The monoisotopic (exact) mass is 224 g/mol. The third-order valence-corrected chi connectivity index (χ3v) is 3.07. The largest absolute Gasteiger partial charge is 0.494 e. The summed E-state index contributed by atoms with van der Waals surface area (Å²) in [6, 6.07) is 5.31. The van der Waals surface area contributed by atoms with Crippen LogP contribution in [0.4, 0.5) is 10.1 Å². The van der Waals surface area contributed by atoms with Gasteiger partial charge in [0.15, 0.2) is 11.6 Å². The van der Waals surface area contributed by atoms with E-state index in [0.29, 0.717) is 0 Å². The van der Waals surface area contributed by atoms with Crippen LogP contribution < -0.4 is 15.8 Å². The molecule has 1 saturated carbocycles. The van der Waals surface area contributed by atoms with E-state index in [-0.39, 0.29) is 23.7 Å². The first-order chi connectivity index (χ1) is 7.70. The second-order valence-corrected chi connectivity index (χ2v) is 4.19. The van der Waals surface area contributed by atoms with Crippen molar-refractivity contribution in [2.75, 3.05) is 12.4 Å². The lowest BCUT2D eigenvalue weighted by Gasteiger charge is -2.18. The second kappa shape index (κ2) is 4.70. The molecule has 0 heterocycles. The van der Waals surface area contributed by atoms with E-state index in [9.17, 15) is 4.39 Å². The average molecular weight is 224 g/mol. The number of ether oxygens (including phenoxy) is 1. The van der Waals surface area contributed by atoms with Crippen LogP contribution in [0.1, 0.15) is 19.3 Å². The second-order valence-electron chi connectivity index (χ2n) is 4.19. The number of methoxy groups -OCH3 is 1. The van der Waals surface area contributed by atoms with Crippen LogP contribution in [0.25, 0.3) is 0 Å². The Balaban J connectivity index is 2.07. The Morgan fingerprint density at radius 2 is 2.25 bits per heavy atom. The molecule has 88 valence electrons. The van der Waals surface area contributed by atoms with Gasteiger partial charge in [-0.2, -0.15) is 0 Å². The molecule has 3 nitrogen and oxygen atoms in total. The van der Waals surface area contributed by atoms with E-state index in [4.69, 9.17) is 10.5 Å². The summed E-state index contributed by atoms with van der Waals surface area (Å²) in [5.74, 6) is -0.0830. The first kappa shape index (κ1) is 11.2. The van der Waals surface area contributed by atoms with Gasteiger partial charge in [0.05, 0.1) is 7.11 Å². The van der Waals surface area contributed by atoms with Crippen molar-refractivity contribution in [3.8, 4) is 5.75 Å². The van der Waals surface area contributed by atoms with Gasteiger partial charge < -0.3 is 15.8 Å². The summed E-state index contributed by atoms with van der Waals surface area (Å²) in [7, 11) is 1.46. The van der Waals surface area contributed by atoms with Gasteiger partial charge in [0.25, 0.3) is 0 Å². The van der Waals surface area contributed by atoms with E-state index < -0.39 is 0 Å². The highest BCUT2D eigenvalue weighted by atomic mass is 19.1. The van der Waals surface area contributed by atoms with Gasteiger partial charge in [-0.25, -0.2) is 4.39 Å². The summed E-state index contributed by atoms with van der Waals surface area (Å²) < 4.78 is 18.3. The maximum atomic E-state index is 13.4. The number of rotatable bonds is 3. The summed E-state index contributed by atoms with van der Waals surface area (Å²) in [6.45, 7) is 0. The Kier molecular flexibility index (Phi) is 3.29. The van der Waals surface area contributed by atoms with Crippen molar-refractivity contribution in [3.63, 3.8) is 0 Å². The minimum atomic E-state index is -0.348. The number of anilines is 1. The lowest BCUT2D eigenvalue weighted by molar-refractivity contribution is 0.386. The summed E-state index contributed by atoms with van der Waals surface area (Å²) in [6.07, 6.45) is 3.22. The number of benzene rings is 1. The Morgan fingerprint density at radius 1 is 1.44 bits per heavy atom. The third kappa shape index (κ3) is 2.27. The van der Waals surface area contributed by atoms with Gasteiger partial charge in [-0.3, -0.25) is 0 Å². The maximum absolute atomic E-state index is 13.4. The highest BCUT2D eigenvalue weighted by Gasteiger charge is 2.23. The molecule has 16 heavy (non-hydrogen) atoms. The highest BCUT2D eigenvalue weighted by Crippen LogP contribution is 2.25. The van der Waals surface area contributed by atoms with E-state index in [2.05, 4.69) is 5.32 Å². The fourth-order valence-corrected chi connectivity index (χ4v) is 2.14. The van der Waals surface area contributed by atoms with Crippen LogP contribution >= 0.6 is 0 Å². The molecule has 2 rings (SSSR count). The topological polar surface area (TPSA) is 47.3 Å². The van der Waals surface area contributed by atoms with Crippen molar-refractivity contribution in [2.45, 2.75) is 31.3 Å². The van der Waals surface area contributed by atoms with Crippen LogP contribution in [0.3, 0.4) is 0 Å². The Labute approximate surface area is 94.8 Å². The number of nitrogens with one attached hydrogen (secondary N) is 1. The lowest BCUT2D eigenvalue weighted by atomic mass is 10.1. The zero-order valence-corrected chi connectivity index (χ0v) is 9.37. The molecule has 1 fully saturated rings. The van der Waals surface area contributed by atoms with Gasteiger partial charge in [-0.1, -0.05) is 0 Å². The molecule has 4 heteroatoms. The minimum Gasteiger partial charge on any atom is -0.494 e. The van der Waals surface area contributed by atoms with Gasteiger partial charge in [0, 0.05) is 23.8 Å². The molecule has 2 unspecified atom stereocenters. The van der Waals surface area contributed by atoms with Crippen LogP contribution in [-0.4, -0.2) is 19.2 Å². The SMILES string of the molecule is COc1ccc(NC2CCCC2N)cc1F. The fourth-order valence-electron chi connectivity index (χ4n) is 2.14. The average Bonchev–Trinajstić information content (AvgIpc) is 2.65. The van der Waals surface area contributed by atoms with E-state index in [1.807, 2.05) is 6.07 Å². The van der Waals surface area contributed by atoms with Gasteiger partial charge in [-0.05, 0) is 31.4 Å². The smallest absolute Gasteiger partial charge is 0.167 e. The van der Waals surface area contributed by atoms with E-state index in [1.165, 1.54) is 13.2 Å². The van der Waals surface area contributed by atoms with Gasteiger partial charge >= 0.3 is 0 Å². The maximum Gasteiger partial charge on any atom is 0.167 e. The summed E-state index contributed by atoms with van der Waals surface area (Å²) in [5.41, 5.74) is 6.70. The summed E-state index contributed by atoms with van der Waals surface area (Å²) in [4.78, 5) is 0. The number of nitrogens with two attached hydrogens (primary N) is 1. The third-order valence-electron chi connectivity index (χ3n) is 3.07. The molecule has 3 N–H and O–H groups in total. The van der Waals surface area contributed by atoms with Gasteiger partial charge in [-0.15, -0.1) is 0 Å². The molecule has 1 aromatic rings. The quantitative estimate of drug-likeness (QED) is 0.826. The molecule has 0 radical (unpaired) electrons. The molecule has 0 spiro atoms. The molecular formula is C12H17FN2O. The van der Waals surface area contributed by atoms with Crippen molar-refractivity contribution >= 4 is 5.69 Å². The molecule has 1 aromatic carbocycles. The molecule has 1 aliphatic rings. The molecule has 0 aromatic heterocycles. The lowest BCUT2D eigenvalue weighted by Crippen LogP contribution is -2.35. The molecule has 0 saturated heterocycles. The van der Waals surface area contributed by atoms with Crippen molar-refractivity contribution in [1.29, 1.82) is 0 Å². The Bertz CT molecular complexity index is 370. The molecule has 0 amide bonds.